The van der Waals surface area contributed by atoms with Gasteiger partial charge in [0.25, 0.3) is 0 Å². The third-order valence-corrected chi connectivity index (χ3v) is 4.47. The van der Waals surface area contributed by atoms with Crippen LogP contribution in [0.5, 0.6) is 0 Å². The number of imide groups is 1. The minimum atomic E-state index is -0.574. The van der Waals surface area contributed by atoms with Crippen LogP contribution in [-0.2, 0) is 14.4 Å². The molecule has 2 heterocycles. The van der Waals surface area contributed by atoms with Crippen LogP contribution in [0.25, 0.3) is 0 Å². The number of hydrogen-bond donors (Lipinski definition) is 3. The molecule has 4 N–H and O–H groups in total. The van der Waals surface area contributed by atoms with Gasteiger partial charge in [-0.15, -0.1) is 0 Å². The van der Waals surface area contributed by atoms with Gasteiger partial charge in [0.2, 0.25) is 17.7 Å². The summed E-state index contributed by atoms with van der Waals surface area (Å²) < 4.78 is 0. The number of rotatable bonds is 5. The normalized spacial score (nSPS) is 22.3. The lowest BCUT2D eigenvalue weighted by molar-refractivity contribution is -0.157. The van der Waals surface area contributed by atoms with E-state index in [9.17, 15) is 14.4 Å². The van der Waals surface area contributed by atoms with Crippen molar-refractivity contribution in [3.63, 3.8) is 0 Å². The van der Waals surface area contributed by atoms with Crippen molar-refractivity contribution in [1.29, 1.82) is 5.41 Å². The molecule has 8 heteroatoms. The second kappa shape index (κ2) is 7.43. The van der Waals surface area contributed by atoms with Crippen LogP contribution in [0.15, 0.2) is 0 Å². The Hall–Kier alpha value is -2.12. The van der Waals surface area contributed by atoms with Gasteiger partial charge in [0.1, 0.15) is 6.04 Å². The smallest absolute Gasteiger partial charge is 0.245 e. The predicted octanol–water partition coefficient (Wildman–Crippen LogP) is -0.222. The molecule has 2 fully saturated rings. The Morgan fingerprint density at radius 1 is 1.35 bits per heavy atom. The summed E-state index contributed by atoms with van der Waals surface area (Å²) in [6, 6.07) is -0.722. The quantitative estimate of drug-likeness (QED) is 0.367. The molecule has 0 spiro atoms. The van der Waals surface area contributed by atoms with Gasteiger partial charge in [-0.05, 0) is 32.1 Å². The van der Waals surface area contributed by atoms with Gasteiger partial charge < -0.3 is 16.0 Å². The number of hydrogen-bond acceptors (Lipinski definition) is 4. The number of nitrogens with two attached hydrogens (primary N) is 1. The highest BCUT2D eigenvalue weighted by Crippen LogP contribution is 2.24. The van der Waals surface area contributed by atoms with E-state index in [1.165, 1.54) is 11.8 Å². The van der Waals surface area contributed by atoms with Crippen LogP contribution in [0.1, 0.15) is 45.4 Å². The molecule has 2 aliphatic heterocycles. The van der Waals surface area contributed by atoms with Crippen LogP contribution >= 0.6 is 0 Å². The number of piperidine rings is 1. The van der Waals surface area contributed by atoms with Crippen LogP contribution in [0, 0.1) is 5.41 Å². The molecule has 0 aromatic rings. The average Bonchev–Trinajstić information content (AvgIpc) is 2.48. The molecule has 0 saturated carbocycles. The zero-order valence-corrected chi connectivity index (χ0v) is 13.5. The number of guanidine groups is 1. The summed E-state index contributed by atoms with van der Waals surface area (Å²) in [5.41, 5.74) is 5.39. The van der Waals surface area contributed by atoms with Crippen LogP contribution in [-0.4, -0.2) is 58.7 Å². The summed E-state index contributed by atoms with van der Waals surface area (Å²) in [6.07, 6.45) is 4.44. The number of carbonyl (C=O) groups excluding carboxylic acids is 3. The van der Waals surface area contributed by atoms with E-state index in [4.69, 9.17) is 11.1 Å². The first-order chi connectivity index (χ1) is 10.9. The maximum atomic E-state index is 12.6. The molecular formula is C15H25N5O3. The maximum Gasteiger partial charge on any atom is 0.245 e. The van der Waals surface area contributed by atoms with Crippen LogP contribution in [0.3, 0.4) is 0 Å². The molecule has 128 valence electrons. The Kier molecular flexibility index (Phi) is 5.57. The van der Waals surface area contributed by atoms with E-state index in [-0.39, 0.29) is 29.7 Å². The molecule has 0 aromatic carbocycles. The van der Waals surface area contributed by atoms with Crippen molar-refractivity contribution in [2.75, 3.05) is 13.1 Å². The summed E-state index contributed by atoms with van der Waals surface area (Å²) >= 11 is 0. The first-order valence-electron chi connectivity index (χ1n) is 8.12. The lowest BCUT2D eigenvalue weighted by Gasteiger charge is -2.39. The molecule has 2 saturated heterocycles. The molecular weight excluding hydrogens is 298 g/mol. The molecule has 2 atom stereocenters. The van der Waals surface area contributed by atoms with Crippen LogP contribution in [0.4, 0.5) is 0 Å². The highest BCUT2D eigenvalue weighted by Gasteiger charge is 2.39. The van der Waals surface area contributed by atoms with Gasteiger partial charge in [-0.1, -0.05) is 0 Å². The minimum absolute atomic E-state index is 0.0556. The Labute approximate surface area is 135 Å². The highest BCUT2D eigenvalue weighted by molar-refractivity contribution is 5.99. The van der Waals surface area contributed by atoms with Crippen LogP contribution < -0.4 is 11.1 Å². The molecule has 2 aliphatic rings. The van der Waals surface area contributed by atoms with E-state index in [2.05, 4.69) is 5.32 Å². The minimum Gasteiger partial charge on any atom is -0.370 e. The van der Waals surface area contributed by atoms with Crippen molar-refractivity contribution in [3.8, 4) is 0 Å². The third-order valence-electron chi connectivity index (χ3n) is 4.47. The largest absolute Gasteiger partial charge is 0.370 e. The Morgan fingerprint density at radius 3 is 2.52 bits per heavy atom. The third kappa shape index (κ3) is 4.20. The molecule has 0 bridgehead atoms. The summed E-state index contributed by atoms with van der Waals surface area (Å²) in [5.74, 6) is -0.723. The summed E-state index contributed by atoms with van der Waals surface area (Å²) in [4.78, 5) is 38.5. The number of nitrogens with zero attached hydrogens (tertiary/aromatic N) is 2. The van der Waals surface area contributed by atoms with Gasteiger partial charge in [0.15, 0.2) is 5.96 Å². The van der Waals surface area contributed by atoms with E-state index in [1.54, 1.807) is 4.90 Å². The lowest BCUT2D eigenvalue weighted by Crippen LogP contribution is -2.56. The fraction of sp³-hybridized carbons (Fsp3) is 0.733. The number of likely N-dealkylation sites (tertiary alicyclic amines) is 2. The van der Waals surface area contributed by atoms with E-state index in [0.717, 1.165) is 32.4 Å². The zero-order valence-electron chi connectivity index (χ0n) is 13.5. The molecule has 8 nitrogen and oxygen atoms in total. The molecule has 0 aliphatic carbocycles. The van der Waals surface area contributed by atoms with E-state index < -0.39 is 6.04 Å². The van der Waals surface area contributed by atoms with Crippen molar-refractivity contribution in [2.24, 2.45) is 5.73 Å². The van der Waals surface area contributed by atoms with Gasteiger partial charge in [-0.3, -0.25) is 24.7 Å². The van der Waals surface area contributed by atoms with Crippen molar-refractivity contribution < 1.29 is 14.4 Å². The van der Waals surface area contributed by atoms with Gasteiger partial charge >= 0.3 is 0 Å². The van der Waals surface area contributed by atoms with Gasteiger partial charge in [-0.25, -0.2) is 0 Å². The molecule has 2 rings (SSSR count). The van der Waals surface area contributed by atoms with Gasteiger partial charge in [0.05, 0.1) is 0 Å². The first kappa shape index (κ1) is 17.2. The van der Waals surface area contributed by atoms with Crippen molar-refractivity contribution in [1.82, 2.24) is 15.1 Å². The fourth-order valence-electron chi connectivity index (χ4n) is 3.29. The first-order valence-corrected chi connectivity index (χ1v) is 8.12. The summed E-state index contributed by atoms with van der Waals surface area (Å²) in [7, 11) is 0. The van der Waals surface area contributed by atoms with E-state index >= 15 is 0 Å². The summed E-state index contributed by atoms with van der Waals surface area (Å²) in [6.45, 7) is 2.83. The number of carbonyl (C=O) groups is 3. The topological polar surface area (TPSA) is 120 Å². The van der Waals surface area contributed by atoms with E-state index in [1.807, 2.05) is 0 Å². The molecule has 23 heavy (non-hydrogen) atoms. The highest BCUT2D eigenvalue weighted by atomic mass is 16.2. The Morgan fingerprint density at radius 2 is 2.00 bits per heavy atom. The number of nitrogens with one attached hydrogen (secondary N) is 2. The van der Waals surface area contributed by atoms with Gasteiger partial charge in [-0.2, -0.15) is 0 Å². The van der Waals surface area contributed by atoms with E-state index in [0.29, 0.717) is 19.3 Å². The van der Waals surface area contributed by atoms with Crippen LogP contribution in [0.2, 0.25) is 0 Å². The van der Waals surface area contributed by atoms with Crippen molar-refractivity contribution in [3.05, 3.63) is 0 Å². The summed E-state index contributed by atoms with van der Waals surface area (Å²) in [5, 5.41) is 10.1. The second-order valence-corrected chi connectivity index (χ2v) is 6.21. The molecule has 0 aromatic heterocycles. The maximum absolute atomic E-state index is 12.6. The molecule has 3 amide bonds. The monoisotopic (exact) mass is 323 g/mol. The number of amides is 3. The van der Waals surface area contributed by atoms with Crippen molar-refractivity contribution in [2.45, 2.75) is 57.5 Å². The Balaban J connectivity index is 1.93. The SMILES string of the molecule is CC(=O)N1C(=O)CC1CCC(NC(=N)N)C(=O)N1CCCCC1. The van der Waals surface area contributed by atoms with Crippen molar-refractivity contribution >= 4 is 23.7 Å². The second-order valence-electron chi connectivity index (χ2n) is 6.21. The fourth-order valence-corrected chi connectivity index (χ4v) is 3.29. The zero-order chi connectivity index (χ0) is 17.0. The standard InChI is InChI=1S/C15H25N5O3/c1-10(21)20-11(9-13(20)22)5-6-12(18-15(16)17)14(23)19-7-3-2-4-8-19/h11-12H,2-9H2,1H3,(H4,16,17,18). The molecule has 0 radical (unpaired) electrons. The number of β-lactam (4-membered cyclic amide) rings is 1. The lowest BCUT2D eigenvalue weighted by atomic mass is 9.94. The van der Waals surface area contributed by atoms with Gasteiger partial charge in [0, 0.05) is 32.5 Å². The average molecular weight is 323 g/mol. The predicted molar refractivity (Wildman–Crippen MR) is 84.4 cm³/mol. The molecule has 2 unspecified atom stereocenters. The Bertz CT molecular complexity index is 493.